The Hall–Kier alpha value is -2.44. The summed E-state index contributed by atoms with van der Waals surface area (Å²) >= 11 is 5.95. The maximum Gasteiger partial charge on any atom is 0.257 e. The summed E-state index contributed by atoms with van der Waals surface area (Å²) in [6.07, 6.45) is 0. The number of nitrogens with zero attached hydrogens (tertiary/aromatic N) is 2. The first-order valence-corrected chi connectivity index (χ1v) is 9.79. The van der Waals surface area contributed by atoms with E-state index in [0.717, 1.165) is 37.7 Å². The summed E-state index contributed by atoms with van der Waals surface area (Å²) in [6.45, 7) is 5.28. The molecule has 1 heterocycles. The Morgan fingerprint density at radius 1 is 1.04 bits per heavy atom. The topological polar surface area (TPSA) is 54.0 Å². The van der Waals surface area contributed by atoms with E-state index >= 15 is 0 Å². The van der Waals surface area contributed by atoms with Crippen molar-refractivity contribution in [3.8, 4) is 11.5 Å². The van der Waals surface area contributed by atoms with E-state index < -0.39 is 0 Å². The summed E-state index contributed by atoms with van der Waals surface area (Å²) in [5, 5.41) is 3.67. The smallest absolute Gasteiger partial charge is 0.257 e. The molecular formula is C21H26ClN3O3. The second kappa shape index (κ2) is 10.2. The minimum absolute atomic E-state index is 0.0231. The fraction of sp³-hybridized carbons (Fsp3) is 0.381. The molecule has 0 spiro atoms. The molecule has 1 aliphatic rings. The molecule has 0 aliphatic carbocycles. The first kappa shape index (κ1) is 20.3. The van der Waals surface area contributed by atoms with Crippen molar-refractivity contribution in [2.75, 3.05) is 57.9 Å². The molecule has 1 saturated heterocycles. The molecule has 6 nitrogen and oxygen atoms in total. The Bertz CT molecular complexity index is 762. The molecule has 150 valence electrons. The number of halogens is 1. The third kappa shape index (κ3) is 5.78. The summed E-state index contributed by atoms with van der Waals surface area (Å²) in [7, 11) is 1.58. The summed E-state index contributed by atoms with van der Waals surface area (Å²) in [5.41, 5.74) is 1.20. The molecule has 2 aromatic carbocycles. The Morgan fingerprint density at radius 2 is 1.71 bits per heavy atom. The van der Waals surface area contributed by atoms with E-state index in [-0.39, 0.29) is 12.5 Å². The van der Waals surface area contributed by atoms with Crippen molar-refractivity contribution in [2.24, 2.45) is 0 Å². The van der Waals surface area contributed by atoms with Gasteiger partial charge in [-0.2, -0.15) is 0 Å². The third-order valence-electron chi connectivity index (χ3n) is 4.74. The maximum absolute atomic E-state index is 12.0. The van der Waals surface area contributed by atoms with Gasteiger partial charge in [-0.25, -0.2) is 0 Å². The van der Waals surface area contributed by atoms with Gasteiger partial charge >= 0.3 is 0 Å². The van der Waals surface area contributed by atoms with Gasteiger partial charge in [0, 0.05) is 50.0 Å². The lowest BCUT2D eigenvalue weighted by Gasteiger charge is -2.36. The number of benzene rings is 2. The van der Waals surface area contributed by atoms with Gasteiger partial charge in [0.25, 0.3) is 5.91 Å². The van der Waals surface area contributed by atoms with Gasteiger partial charge in [0.2, 0.25) is 0 Å². The van der Waals surface area contributed by atoms with E-state index in [9.17, 15) is 4.79 Å². The molecule has 0 bridgehead atoms. The lowest BCUT2D eigenvalue weighted by atomic mass is 10.2. The van der Waals surface area contributed by atoms with Gasteiger partial charge in [-0.05, 0) is 36.4 Å². The van der Waals surface area contributed by atoms with Crippen molar-refractivity contribution in [3.63, 3.8) is 0 Å². The van der Waals surface area contributed by atoms with E-state index in [4.69, 9.17) is 21.1 Å². The van der Waals surface area contributed by atoms with Crippen LogP contribution in [-0.4, -0.2) is 63.8 Å². The molecule has 0 radical (unpaired) electrons. The molecule has 0 saturated carbocycles. The summed E-state index contributed by atoms with van der Waals surface area (Å²) in [5.74, 6) is 1.05. The number of nitrogens with one attached hydrogen (secondary N) is 1. The van der Waals surface area contributed by atoms with Crippen LogP contribution in [0.5, 0.6) is 11.5 Å². The highest BCUT2D eigenvalue weighted by molar-refractivity contribution is 6.30. The molecule has 2 aromatic rings. The van der Waals surface area contributed by atoms with E-state index in [1.807, 2.05) is 24.3 Å². The number of hydrogen-bond acceptors (Lipinski definition) is 5. The zero-order chi connectivity index (χ0) is 19.8. The minimum Gasteiger partial charge on any atom is -0.493 e. The van der Waals surface area contributed by atoms with Gasteiger partial charge in [0.15, 0.2) is 18.1 Å². The van der Waals surface area contributed by atoms with Gasteiger partial charge < -0.3 is 19.7 Å². The van der Waals surface area contributed by atoms with Crippen LogP contribution < -0.4 is 19.7 Å². The standard InChI is InChI=1S/C21H26ClN3O3/c1-27-19-4-2-3-5-20(19)28-16-21(26)23-10-11-24-12-14-25(15-13-24)18-8-6-17(22)7-9-18/h2-9H,10-16H2,1H3,(H,23,26). The fourth-order valence-electron chi connectivity index (χ4n) is 3.17. The number of piperazine rings is 1. The first-order chi connectivity index (χ1) is 13.7. The summed E-state index contributed by atoms with van der Waals surface area (Å²) < 4.78 is 10.7. The number of hydrogen-bond donors (Lipinski definition) is 1. The number of ether oxygens (including phenoxy) is 2. The van der Waals surface area contributed by atoms with Crippen LogP contribution in [0, 0.1) is 0 Å². The zero-order valence-corrected chi connectivity index (χ0v) is 16.8. The van der Waals surface area contributed by atoms with E-state index in [1.165, 1.54) is 5.69 Å². The van der Waals surface area contributed by atoms with Crippen molar-refractivity contribution >= 4 is 23.2 Å². The van der Waals surface area contributed by atoms with E-state index in [2.05, 4.69) is 27.2 Å². The molecule has 0 atom stereocenters. The molecular weight excluding hydrogens is 378 g/mol. The normalized spacial score (nSPS) is 14.6. The maximum atomic E-state index is 12.0. The van der Waals surface area contributed by atoms with Gasteiger partial charge in [-0.3, -0.25) is 9.69 Å². The second-order valence-electron chi connectivity index (χ2n) is 6.59. The number of rotatable bonds is 8. The van der Waals surface area contributed by atoms with Crippen LogP contribution in [0.25, 0.3) is 0 Å². The average molecular weight is 404 g/mol. The van der Waals surface area contributed by atoms with Crippen molar-refractivity contribution in [3.05, 3.63) is 53.6 Å². The van der Waals surface area contributed by atoms with Crippen molar-refractivity contribution in [2.45, 2.75) is 0 Å². The quantitative estimate of drug-likeness (QED) is 0.734. The third-order valence-corrected chi connectivity index (χ3v) is 4.99. The van der Waals surface area contributed by atoms with Gasteiger partial charge in [-0.1, -0.05) is 23.7 Å². The van der Waals surface area contributed by atoms with Gasteiger partial charge in [-0.15, -0.1) is 0 Å². The number of anilines is 1. The van der Waals surface area contributed by atoms with E-state index in [1.54, 1.807) is 19.2 Å². The monoisotopic (exact) mass is 403 g/mol. The predicted molar refractivity (Wildman–Crippen MR) is 112 cm³/mol. The van der Waals surface area contributed by atoms with Gasteiger partial charge in [0.1, 0.15) is 0 Å². The molecule has 1 amide bonds. The fourth-order valence-corrected chi connectivity index (χ4v) is 3.29. The number of para-hydroxylation sites is 2. The van der Waals surface area contributed by atoms with Gasteiger partial charge in [0.05, 0.1) is 7.11 Å². The number of amides is 1. The number of methoxy groups -OCH3 is 1. The van der Waals surface area contributed by atoms with Crippen molar-refractivity contribution in [1.29, 1.82) is 0 Å². The Balaban J connectivity index is 1.33. The van der Waals surface area contributed by atoms with Crippen molar-refractivity contribution < 1.29 is 14.3 Å². The van der Waals surface area contributed by atoms with Crippen LogP contribution in [0.3, 0.4) is 0 Å². The lowest BCUT2D eigenvalue weighted by Crippen LogP contribution is -2.48. The Kier molecular flexibility index (Phi) is 7.39. The second-order valence-corrected chi connectivity index (χ2v) is 7.03. The average Bonchev–Trinajstić information content (AvgIpc) is 2.73. The first-order valence-electron chi connectivity index (χ1n) is 9.41. The molecule has 1 N–H and O–H groups in total. The minimum atomic E-state index is -0.134. The molecule has 3 rings (SSSR count). The highest BCUT2D eigenvalue weighted by atomic mass is 35.5. The zero-order valence-electron chi connectivity index (χ0n) is 16.1. The molecule has 1 aliphatic heterocycles. The van der Waals surface area contributed by atoms with Crippen molar-refractivity contribution in [1.82, 2.24) is 10.2 Å². The summed E-state index contributed by atoms with van der Waals surface area (Å²) in [6, 6.07) is 15.2. The van der Waals surface area contributed by atoms with Crippen LogP contribution in [-0.2, 0) is 4.79 Å². The summed E-state index contributed by atoms with van der Waals surface area (Å²) in [4.78, 5) is 16.7. The Morgan fingerprint density at radius 3 is 2.39 bits per heavy atom. The Labute approximate surface area is 171 Å². The van der Waals surface area contributed by atoms with Crippen LogP contribution in [0.15, 0.2) is 48.5 Å². The molecule has 0 unspecified atom stereocenters. The van der Waals surface area contributed by atoms with Crippen LogP contribution >= 0.6 is 11.6 Å². The highest BCUT2D eigenvalue weighted by Gasteiger charge is 2.17. The van der Waals surface area contributed by atoms with Crippen LogP contribution in [0.2, 0.25) is 5.02 Å². The van der Waals surface area contributed by atoms with E-state index in [0.29, 0.717) is 18.0 Å². The molecule has 7 heteroatoms. The number of carbonyl (C=O) groups is 1. The largest absolute Gasteiger partial charge is 0.493 e. The molecule has 28 heavy (non-hydrogen) atoms. The molecule has 1 fully saturated rings. The molecule has 0 aromatic heterocycles. The predicted octanol–water partition coefficient (Wildman–Crippen LogP) is 2.67. The van der Waals surface area contributed by atoms with Crippen LogP contribution in [0.1, 0.15) is 0 Å². The van der Waals surface area contributed by atoms with Crippen LogP contribution in [0.4, 0.5) is 5.69 Å². The lowest BCUT2D eigenvalue weighted by molar-refractivity contribution is -0.123. The highest BCUT2D eigenvalue weighted by Crippen LogP contribution is 2.25. The number of carbonyl (C=O) groups excluding carboxylic acids is 1. The SMILES string of the molecule is COc1ccccc1OCC(=O)NCCN1CCN(c2ccc(Cl)cc2)CC1.